The number of rotatable bonds is 9. The van der Waals surface area contributed by atoms with Crippen molar-refractivity contribution in [2.75, 3.05) is 19.8 Å². The summed E-state index contributed by atoms with van der Waals surface area (Å²) >= 11 is 0. The molecule has 6 atom stereocenters. The maximum Gasteiger partial charge on any atom is 0.198 e. The van der Waals surface area contributed by atoms with E-state index in [0.717, 1.165) is 37.3 Å². The van der Waals surface area contributed by atoms with Gasteiger partial charge in [0.25, 0.3) is 0 Å². The molecule has 8 nitrogen and oxygen atoms in total. The monoisotopic (exact) mass is 584 g/mol. The topological polar surface area (TPSA) is 95.2 Å². The minimum absolute atomic E-state index is 0.122. The summed E-state index contributed by atoms with van der Waals surface area (Å²) in [7, 11) is -1.28. The highest BCUT2D eigenvalue weighted by Crippen LogP contribution is 2.36. The van der Waals surface area contributed by atoms with E-state index in [1.165, 1.54) is 6.07 Å². The van der Waals surface area contributed by atoms with E-state index in [0.29, 0.717) is 35.7 Å². The van der Waals surface area contributed by atoms with Crippen molar-refractivity contribution >= 4 is 19.1 Å². The first kappa shape index (κ1) is 28.8. The van der Waals surface area contributed by atoms with Crippen molar-refractivity contribution < 1.29 is 33.6 Å². The number of aromatic nitrogens is 2. The van der Waals surface area contributed by atoms with Crippen LogP contribution in [0.2, 0.25) is 25.7 Å². The summed E-state index contributed by atoms with van der Waals surface area (Å²) in [5.74, 6) is 0.192. The van der Waals surface area contributed by atoms with Crippen molar-refractivity contribution in [2.24, 2.45) is 0 Å². The Bertz CT molecular complexity index is 1360. The summed E-state index contributed by atoms with van der Waals surface area (Å²) in [5.41, 5.74) is 3.21. The molecule has 2 aliphatic heterocycles. The predicted molar refractivity (Wildman–Crippen MR) is 156 cm³/mol. The van der Waals surface area contributed by atoms with Crippen LogP contribution in [0.25, 0.3) is 22.3 Å². The van der Waals surface area contributed by atoms with Crippen molar-refractivity contribution in [1.29, 1.82) is 0 Å². The second-order valence-corrected chi connectivity index (χ2v) is 18.5. The van der Waals surface area contributed by atoms with Crippen molar-refractivity contribution in [1.82, 2.24) is 9.55 Å². The second kappa shape index (κ2) is 11.7. The van der Waals surface area contributed by atoms with Gasteiger partial charge < -0.3 is 29.2 Å². The first-order valence-electron chi connectivity index (χ1n) is 14.8. The van der Waals surface area contributed by atoms with Crippen LogP contribution in [0, 0.1) is 5.82 Å². The van der Waals surface area contributed by atoms with E-state index < -0.39 is 32.2 Å². The molecule has 41 heavy (non-hydrogen) atoms. The predicted octanol–water partition coefficient (Wildman–Crippen LogP) is 5.08. The normalized spacial score (nSPS) is 28.3. The van der Waals surface area contributed by atoms with Gasteiger partial charge in [-0.3, -0.25) is 4.57 Å². The third kappa shape index (κ3) is 6.09. The second-order valence-electron chi connectivity index (χ2n) is 12.9. The number of hydrogen-bond acceptors (Lipinski definition) is 7. The Morgan fingerprint density at radius 2 is 1.76 bits per heavy atom. The summed E-state index contributed by atoms with van der Waals surface area (Å²) in [4.78, 5) is 4.73. The van der Waals surface area contributed by atoms with E-state index in [9.17, 15) is 10.2 Å². The zero-order valence-corrected chi connectivity index (χ0v) is 25.1. The molecule has 0 bridgehead atoms. The standard InChI is InChI=1S/C31H41FN2O6Si/c1-41(2,3)13-12-37-18-34-24-14-22(32)29(20-10-8-19(9-11-20)21-6-4-5-7-25(21)35)33-23(24)15-28(34)40-27-17-39-30-26(36)16-38-31(27)30/h8-11,14-15,21,25-27,30-31,35-36H,4-7,12-13,16-18H2,1-3H3/t21-,25-,26+,27+,30+,31+/m0/s1. The minimum Gasteiger partial charge on any atom is -0.470 e. The molecule has 0 amide bonds. The number of fused-ring (bicyclic) bond motifs is 2. The number of ether oxygens (including phenoxy) is 4. The van der Waals surface area contributed by atoms with Gasteiger partial charge in [-0.05, 0) is 24.4 Å². The lowest BCUT2D eigenvalue weighted by Gasteiger charge is -2.28. The van der Waals surface area contributed by atoms with Crippen LogP contribution in [-0.2, 0) is 20.9 Å². The van der Waals surface area contributed by atoms with Gasteiger partial charge in [-0.1, -0.05) is 56.7 Å². The molecule has 2 N–H and O–H groups in total. The fraction of sp³-hybridized carbons (Fsp3) is 0.581. The van der Waals surface area contributed by atoms with Crippen LogP contribution in [0.3, 0.4) is 0 Å². The largest absolute Gasteiger partial charge is 0.470 e. The van der Waals surface area contributed by atoms with E-state index in [1.807, 2.05) is 34.9 Å². The molecule has 1 saturated carbocycles. The molecule has 0 spiro atoms. The molecule has 3 aromatic rings. The average Bonchev–Trinajstić information content (AvgIpc) is 3.61. The molecule has 0 unspecified atom stereocenters. The lowest BCUT2D eigenvalue weighted by atomic mass is 9.81. The number of hydrogen-bond donors (Lipinski definition) is 2. The average molecular weight is 585 g/mol. The maximum absolute atomic E-state index is 15.6. The molecular formula is C31H41FN2O6Si. The first-order valence-corrected chi connectivity index (χ1v) is 18.5. The Balaban J connectivity index is 1.28. The van der Waals surface area contributed by atoms with Gasteiger partial charge in [0, 0.05) is 38.3 Å². The number of aliphatic hydroxyl groups is 2. The molecule has 6 rings (SSSR count). The fourth-order valence-corrected chi connectivity index (χ4v) is 6.94. The summed E-state index contributed by atoms with van der Waals surface area (Å²) in [6, 6.07) is 12.1. The zero-order chi connectivity index (χ0) is 28.7. The fourth-order valence-electron chi connectivity index (χ4n) is 6.19. The van der Waals surface area contributed by atoms with Crippen LogP contribution in [0.5, 0.6) is 5.88 Å². The molecular weight excluding hydrogens is 543 g/mol. The van der Waals surface area contributed by atoms with Crippen LogP contribution in [-0.4, -0.2) is 78.2 Å². The number of nitrogens with zero attached hydrogens (tertiary/aromatic N) is 2. The highest BCUT2D eigenvalue weighted by molar-refractivity contribution is 6.76. The molecule has 10 heteroatoms. The van der Waals surface area contributed by atoms with E-state index >= 15 is 4.39 Å². The number of aliphatic hydroxyl groups excluding tert-OH is 2. The molecule has 3 aliphatic rings. The van der Waals surface area contributed by atoms with Crippen LogP contribution >= 0.6 is 0 Å². The van der Waals surface area contributed by atoms with Crippen molar-refractivity contribution in [3.8, 4) is 17.1 Å². The zero-order valence-electron chi connectivity index (χ0n) is 24.1. The third-order valence-corrected chi connectivity index (χ3v) is 10.3. The lowest BCUT2D eigenvalue weighted by Crippen LogP contribution is -2.35. The lowest BCUT2D eigenvalue weighted by molar-refractivity contribution is 0.00479. The van der Waals surface area contributed by atoms with Gasteiger partial charge in [0.15, 0.2) is 17.8 Å². The van der Waals surface area contributed by atoms with Crippen molar-refractivity contribution in [3.63, 3.8) is 0 Å². The molecule has 3 fully saturated rings. The van der Waals surface area contributed by atoms with Gasteiger partial charge in [-0.15, -0.1) is 0 Å². The first-order chi connectivity index (χ1) is 19.7. The van der Waals surface area contributed by atoms with E-state index in [2.05, 4.69) is 19.6 Å². The number of pyridine rings is 1. The molecule has 4 heterocycles. The minimum atomic E-state index is -1.28. The summed E-state index contributed by atoms with van der Waals surface area (Å²) in [6.45, 7) is 8.21. The smallest absolute Gasteiger partial charge is 0.198 e. The Morgan fingerprint density at radius 1 is 1.00 bits per heavy atom. The number of halogens is 1. The molecule has 1 aliphatic carbocycles. The highest BCUT2D eigenvalue weighted by atomic mass is 28.3. The van der Waals surface area contributed by atoms with Crippen molar-refractivity contribution in [2.45, 2.75) is 94.5 Å². The molecule has 222 valence electrons. The Kier molecular flexibility index (Phi) is 8.23. The molecule has 2 saturated heterocycles. The van der Waals surface area contributed by atoms with Gasteiger partial charge in [0.1, 0.15) is 30.7 Å². The Hall–Kier alpha value is -2.34. The summed E-state index contributed by atoms with van der Waals surface area (Å²) in [6.07, 6.45) is 1.77. The van der Waals surface area contributed by atoms with Gasteiger partial charge in [0.2, 0.25) is 0 Å². The van der Waals surface area contributed by atoms with Gasteiger partial charge in [-0.25, -0.2) is 9.37 Å². The van der Waals surface area contributed by atoms with E-state index in [1.54, 1.807) is 0 Å². The highest BCUT2D eigenvalue weighted by Gasteiger charge is 2.48. The molecule has 1 aromatic carbocycles. The number of benzene rings is 1. The van der Waals surface area contributed by atoms with Gasteiger partial charge in [0.05, 0.1) is 30.4 Å². The quantitative estimate of drug-likeness (QED) is 0.268. The van der Waals surface area contributed by atoms with E-state index in [4.69, 9.17) is 23.9 Å². The van der Waals surface area contributed by atoms with Crippen LogP contribution in [0.4, 0.5) is 4.39 Å². The van der Waals surface area contributed by atoms with Crippen LogP contribution in [0.15, 0.2) is 36.4 Å². The SMILES string of the molecule is C[Si](C)(C)CCOCn1c(O[C@@H]2CO[C@H]3[C@@H]2OC[C@H]3O)cc2nc(-c3ccc([C@@H]4CCCC[C@@H]4O)cc3)c(F)cc21. The van der Waals surface area contributed by atoms with Crippen LogP contribution in [0.1, 0.15) is 37.2 Å². The van der Waals surface area contributed by atoms with E-state index in [-0.39, 0.29) is 37.2 Å². The summed E-state index contributed by atoms with van der Waals surface area (Å²) < 4.78 is 41.4. The third-order valence-electron chi connectivity index (χ3n) is 8.61. The summed E-state index contributed by atoms with van der Waals surface area (Å²) in [5, 5.41) is 20.6. The maximum atomic E-state index is 15.6. The van der Waals surface area contributed by atoms with Gasteiger partial charge in [-0.2, -0.15) is 0 Å². The van der Waals surface area contributed by atoms with Crippen molar-refractivity contribution in [3.05, 3.63) is 47.8 Å². The van der Waals surface area contributed by atoms with Crippen LogP contribution < -0.4 is 4.74 Å². The molecule has 0 radical (unpaired) electrons. The Labute approximate surface area is 241 Å². The van der Waals surface area contributed by atoms with Gasteiger partial charge >= 0.3 is 0 Å². The molecule has 2 aromatic heterocycles. The Morgan fingerprint density at radius 3 is 2.51 bits per heavy atom.